The van der Waals surface area contributed by atoms with Gasteiger partial charge in [-0.2, -0.15) is 0 Å². The van der Waals surface area contributed by atoms with Gasteiger partial charge in [-0.3, -0.25) is 0 Å². The average Bonchev–Trinajstić information content (AvgIpc) is 2.65. The van der Waals surface area contributed by atoms with Crippen LogP contribution in [0.1, 0.15) is 39.5 Å². The van der Waals surface area contributed by atoms with Crippen LogP contribution in [0.2, 0.25) is 0 Å². The van der Waals surface area contributed by atoms with E-state index in [1.54, 1.807) is 14.0 Å². The summed E-state index contributed by atoms with van der Waals surface area (Å²) >= 11 is 0. The fourth-order valence-electron chi connectivity index (χ4n) is 2.83. The minimum absolute atomic E-state index is 0.319. The molecule has 0 amide bonds. The topological polar surface area (TPSA) is 55.8 Å². The highest BCUT2D eigenvalue weighted by atomic mass is 16.7. The fraction of sp³-hybridized carbons (Fsp3) is 0.562. The Kier molecular flexibility index (Phi) is 4.16. The third kappa shape index (κ3) is 2.58. The second-order valence-corrected chi connectivity index (χ2v) is 5.59. The van der Waals surface area contributed by atoms with Crippen LogP contribution in [0, 0.1) is 0 Å². The number of methoxy groups -OCH3 is 1. The van der Waals surface area contributed by atoms with Gasteiger partial charge >= 0.3 is 5.97 Å². The summed E-state index contributed by atoms with van der Waals surface area (Å²) in [5.74, 6) is -1.30. The largest absolute Gasteiger partial charge is 0.425 e. The molecule has 1 aliphatic carbocycles. The summed E-state index contributed by atoms with van der Waals surface area (Å²) in [6.07, 6.45) is 3.72. The molecule has 0 bridgehead atoms. The minimum Gasteiger partial charge on any atom is -0.425 e. The maximum atomic E-state index is 11.9. The summed E-state index contributed by atoms with van der Waals surface area (Å²) in [6, 6.07) is 0. The highest BCUT2D eigenvalue weighted by Gasteiger charge is 2.46. The molecule has 0 saturated heterocycles. The smallest absolute Gasteiger partial charge is 0.336 e. The Balaban J connectivity index is 2.43. The molecule has 1 aliphatic heterocycles. The number of hydrogen-bond acceptors (Lipinski definition) is 4. The highest BCUT2D eigenvalue weighted by molar-refractivity contribution is 5.92. The van der Waals surface area contributed by atoms with Crippen LogP contribution in [0.3, 0.4) is 0 Å². The van der Waals surface area contributed by atoms with Crippen molar-refractivity contribution in [2.45, 2.75) is 51.4 Å². The third-order valence-electron chi connectivity index (χ3n) is 4.17. The van der Waals surface area contributed by atoms with Gasteiger partial charge in [-0.1, -0.05) is 18.2 Å². The number of ether oxygens (including phenoxy) is 2. The Bertz CT molecular complexity index is 501. The first-order valence-electron chi connectivity index (χ1n) is 6.89. The highest BCUT2D eigenvalue weighted by Crippen LogP contribution is 2.42. The van der Waals surface area contributed by atoms with Gasteiger partial charge in [0.25, 0.3) is 0 Å². The van der Waals surface area contributed by atoms with Crippen LogP contribution in [0.15, 0.2) is 34.9 Å². The number of aliphatic hydroxyl groups excluding tert-OH is 1. The molecule has 2 unspecified atom stereocenters. The summed E-state index contributed by atoms with van der Waals surface area (Å²) in [7, 11) is 1.56. The monoisotopic (exact) mass is 278 g/mol. The van der Waals surface area contributed by atoms with Crippen LogP contribution >= 0.6 is 0 Å². The van der Waals surface area contributed by atoms with Gasteiger partial charge in [0.05, 0.1) is 6.10 Å². The molecular formula is C16H22O4. The van der Waals surface area contributed by atoms with E-state index in [-0.39, 0.29) is 5.97 Å². The Hall–Kier alpha value is -1.39. The molecule has 0 spiro atoms. The maximum absolute atomic E-state index is 11.9. The number of esters is 1. The van der Waals surface area contributed by atoms with Gasteiger partial charge < -0.3 is 14.6 Å². The molecule has 20 heavy (non-hydrogen) atoms. The molecule has 0 aromatic heterocycles. The predicted molar refractivity (Wildman–Crippen MR) is 75.9 cm³/mol. The molecule has 2 atom stereocenters. The molecule has 0 aromatic rings. The zero-order valence-corrected chi connectivity index (χ0v) is 12.4. The van der Waals surface area contributed by atoms with Crippen LogP contribution in [0.4, 0.5) is 0 Å². The fourth-order valence-corrected chi connectivity index (χ4v) is 2.83. The van der Waals surface area contributed by atoms with Crippen molar-refractivity contribution in [3.63, 3.8) is 0 Å². The van der Waals surface area contributed by atoms with E-state index in [0.29, 0.717) is 31.3 Å². The molecular weight excluding hydrogens is 256 g/mol. The number of fused-ring (bicyclic) bond motifs is 1. The van der Waals surface area contributed by atoms with E-state index in [9.17, 15) is 9.90 Å². The van der Waals surface area contributed by atoms with Gasteiger partial charge in [0.2, 0.25) is 5.79 Å². The van der Waals surface area contributed by atoms with E-state index < -0.39 is 11.9 Å². The molecule has 0 fully saturated rings. The third-order valence-corrected chi connectivity index (χ3v) is 4.17. The minimum atomic E-state index is -0.982. The Morgan fingerprint density at radius 2 is 2.15 bits per heavy atom. The molecule has 4 heteroatoms. The lowest BCUT2D eigenvalue weighted by atomic mass is 9.88. The molecule has 1 heterocycles. The van der Waals surface area contributed by atoms with Crippen LogP contribution in [0.25, 0.3) is 0 Å². The van der Waals surface area contributed by atoms with Crippen molar-refractivity contribution in [3.8, 4) is 0 Å². The SMILES string of the molecule is C=C1CCC2=C(C)C(=O)OC2(OC)C/C(C)=C/CC1O. The van der Waals surface area contributed by atoms with E-state index in [1.165, 1.54) is 0 Å². The van der Waals surface area contributed by atoms with Crippen molar-refractivity contribution in [2.24, 2.45) is 0 Å². The Labute approximate surface area is 119 Å². The molecule has 0 saturated carbocycles. The van der Waals surface area contributed by atoms with E-state index in [2.05, 4.69) is 6.58 Å². The normalized spacial score (nSPS) is 34.4. The molecule has 2 rings (SSSR count). The number of carbonyl (C=O) groups is 1. The first-order valence-corrected chi connectivity index (χ1v) is 6.89. The first kappa shape index (κ1) is 15.0. The van der Waals surface area contributed by atoms with E-state index in [1.807, 2.05) is 13.0 Å². The lowest BCUT2D eigenvalue weighted by molar-refractivity contribution is -0.192. The van der Waals surface area contributed by atoms with E-state index in [4.69, 9.17) is 9.47 Å². The lowest BCUT2D eigenvalue weighted by Gasteiger charge is -2.31. The first-order chi connectivity index (χ1) is 9.39. The molecule has 0 aromatic carbocycles. The van der Waals surface area contributed by atoms with Gasteiger partial charge in [-0.05, 0) is 38.7 Å². The summed E-state index contributed by atoms with van der Waals surface area (Å²) in [6.45, 7) is 7.65. The summed E-state index contributed by atoms with van der Waals surface area (Å²) in [5.41, 5.74) is 3.29. The summed E-state index contributed by atoms with van der Waals surface area (Å²) < 4.78 is 11.1. The second-order valence-electron chi connectivity index (χ2n) is 5.59. The Morgan fingerprint density at radius 1 is 1.45 bits per heavy atom. The molecule has 4 nitrogen and oxygen atoms in total. The quantitative estimate of drug-likeness (QED) is 0.592. The van der Waals surface area contributed by atoms with Crippen LogP contribution in [-0.4, -0.2) is 30.1 Å². The Morgan fingerprint density at radius 3 is 2.80 bits per heavy atom. The summed E-state index contributed by atoms with van der Waals surface area (Å²) in [4.78, 5) is 11.9. The standard InChI is InChI=1S/C16H22O4/c1-10-5-8-14(17)11(2)6-7-13-12(3)15(18)20-16(13,9-10)19-4/h5,14,17H,2,6-9H2,1,3-4H3/b10-5+. The van der Waals surface area contributed by atoms with E-state index in [0.717, 1.165) is 16.7 Å². The average molecular weight is 278 g/mol. The lowest BCUT2D eigenvalue weighted by Crippen LogP contribution is -2.35. The van der Waals surface area contributed by atoms with Crippen molar-refractivity contribution in [1.82, 2.24) is 0 Å². The number of hydrogen-bond donors (Lipinski definition) is 1. The van der Waals surface area contributed by atoms with Gasteiger partial charge in [0.1, 0.15) is 0 Å². The van der Waals surface area contributed by atoms with Crippen LogP contribution in [0.5, 0.6) is 0 Å². The number of aliphatic hydroxyl groups is 1. The zero-order valence-electron chi connectivity index (χ0n) is 12.4. The van der Waals surface area contributed by atoms with Gasteiger partial charge in [-0.15, -0.1) is 0 Å². The van der Waals surface area contributed by atoms with E-state index >= 15 is 0 Å². The number of rotatable bonds is 1. The van der Waals surface area contributed by atoms with Crippen molar-refractivity contribution < 1.29 is 19.4 Å². The second kappa shape index (κ2) is 5.54. The van der Waals surface area contributed by atoms with Crippen molar-refractivity contribution in [1.29, 1.82) is 0 Å². The van der Waals surface area contributed by atoms with Crippen LogP contribution < -0.4 is 0 Å². The van der Waals surface area contributed by atoms with Gasteiger partial charge in [-0.25, -0.2) is 4.79 Å². The predicted octanol–water partition coefficient (Wildman–Crippen LogP) is 2.64. The molecule has 0 radical (unpaired) electrons. The van der Waals surface area contributed by atoms with Crippen LogP contribution in [-0.2, 0) is 14.3 Å². The summed E-state index contributed by atoms with van der Waals surface area (Å²) in [5, 5.41) is 10.0. The molecule has 1 N–H and O–H groups in total. The van der Waals surface area contributed by atoms with Gasteiger partial charge in [0, 0.05) is 24.7 Å². The van der Waals surface area contributed by atoms with Crippen molar-refractivity contribution >= 4 is 5.97 Å². The zero-order chi connectivity index (χ0) is 14.9. The number of carbonyl (C=O) groups excluding carboxylic acids is 1. The maximum Gasteiger partial charge on any atom is 0.336 e. The van der Waals surface area contributed by atoms with Crippen molar-refractivity contribution in [3.05, 3.63) is 34.9 Å². The van der Waals surface area contributed by atoms with Gasteiger partial charge in [0.15, 0.2) is 0 Å². The molecule has 2 aliphatic rings. The van der Waals surface area contributed by atoms with Crippen molar-refractivity contribution in [2.75, 3.05) is 7.11 Å². The molecule has 110 valence electrons.